The highest BCUT2D eigenvalue weighted by Crippen LogP contribution is 2.48. The Morgan fingerprint density at radius 2 is 1.83 bits per heavy atom. The molecule has 1 heteroatoms. The van der Waals surface area contributed by atoms with E-state index in [1.54, 1.807) is 0 Å². The summed E-state index contributed by atoms with van der Waals surface area (Å²) in [7, 11) is 0. The Balaban J connectivity index is 1.59. The highest BCUT2D eigenvalue weighted by atomic mass is 15.2. The molecular weight excluding hydrogens is 218 g/mol. The molecule has 2 fully saturated rings. The predicted octanol–water partition coefficient (Wildman–Crippen LogP) is 4.19. The van der Waals surface area contributed by atoms with Gasteiger partial charge in [-0.2, -0.15) is 0 Å². The van der Waals surface area contributed by atoms with Gasteiger partial charge >= 0.3 is 0 Å². The van der Waals surface area contributed by atoms with Gasteiger partial charge in [0, 0.05) is 13.1 Å². The summed E-state index contributed by atoms with van der Waals surface area (Å²) in [6.45, 7) is 8.33. The third-order valence-electron chi connectivity index (χ3n) is 4.98. The average molecular weight is 243 g/mol. The molecule has 0 atom stereocenters. The molecule has 1 nitrogen and oxygen atoms in total. The van der Waals surface area contributed by atoms with Crippen LogP contribution in [0.5, 0.6) is 0 Å². The van der Waals surface area contributed by atoms with Crippen molar-refractivity contribution >= 4 is 0 Å². The summed E-state index contributed by atoms with van der Waals surface area (Å²) in [5.74, 6) is 0.643. The molecule has 1 heterocycles. The number of rotatable bonds is 3. The fraction of sp³-hybridized carbons (Fsp3) is 0.647. The van der Waals surface area contributed by atoms with Crippen molar-refractivity contribution in [2.45, 2.75) is 52.0 Å². The minimum Gasteiger partial charge on any atom is -0.299 e. The standard InChI is InChI=1S/C17H25N/c1-14(2)16-6-4-15(5-7-16)12-18-11-10-17(13-18)8-3-9-17/h4-7,14H,3,8-13H2,1-2H3. The topological polar surface area (TPSA) is 3.24 Å². The molecule has 0 radical (unpaired) electrons. The maximum absolute atomic E-state index is 2.66. The fourth-order valence-electron chi connectivity index (χ4n) is 3.51. The average Bonchev–Trinajstić information content (AvgIpc) is 2.74. The number of likely N-dealkylation sites (tertiary alicyclic amines) is 1. The molecule has 0 aromatic heterocycles. The van der Waals surface area contributed by atoms with E-state index >= 15 is 0 Å². The maximum Gasteiger partial charge on any atom is 0.0233 e. The minimum atomic E-state index is 0.643. The molecule has 0 N–H and O–H groups in total. The molecule has 18 heavy (non-hydrogen) atoms. The molecule has 1 spiro atoms. The summed E-state index contributed by atoms with van der Waals surface area (Å²) in [6, 6.07) is 9.24. The molecular formula is C17H25N. The van der Waals surface area contributed by atoms with Crippen molar-refractivity contribution in [1.82, 2.24) is 4.90 Å². The summed E-state index contributed by atoms with van der Waals surface area (Å²) in [4.78, 5) is 2.66. The van der Waals surface area contributed by atoms with Gasteiger partial charge in [-0.15, -0.1) is 0 Å². The van der Waals surface area contributed by atoms with Crippen molar-refractivity contribution in [3.05, 3.63) is 35.4 Å². The number of benzene rings is 1. The summed E-state index contributed by atoms with van der Waals surface area (Å²) in [6.07, 6.45) is 5.87. The number of nitrogens with zero attached hydrogens (tertiary/aromatic N) is 1. The summed E-state index contributed by atoms with van der Waals surface area (Å²) >= 11 is 0. The van der Waals surface area contributed by atoms with E-state index in [4.69, 9.17) is 0 Å². The quantitative estimate of drug-likeness (QED) is 0.769. The third kappa shape index (κ3) is 2.33. The van der Waals surface area contributed by atoms with E-state index in [2.05, 4.69) is 43.0 Å². The number of hydrogen-bond donors (Lipinski definition) is 0. The summed E-state index contributed by atoms with van der Waals surface area (Å²) in [5.41, 5.74) is 3.67. The Morgan fingerprint density at radius 3 is 2.33 bits per heavy atom. The lowest BCUT2D eigenvalue weighted by atomic mass is 9.68. The van der Waals surface area contributed by atoms with Gasteiger partial charge in [0.2, 0.25) is 0 Å². The Morgan fingerprint density at radius 1 is 1.11 bits per heavy atom. The van der Waals surface area contributed by atoms with Gasteiger partial charge in [-0.1, -0.05) is 44.5 Å². The molecule has 1 saturated carbocycles. The van der Waals surface area contributed by atoms with E-state index in [0.717, 1.165) is 12.0 Å². The Labute approximate surface area is 111 Å². The van der Waals surface area contributed by atoms with E-state index < -0.39 is 0 Å². The van der Waals surface area contributed by atoms with E-state index in [1.807, 2.05) is 0 Å². The lowest BCUT2D eigenvalue weighted by Crippen LogP contribution is -2.32. The first kappa shape index (κ1) is 12.2. The van der Waals surface area contributed by atoms with Crippen LogP contribution in [0.15, 0.2) is 24.3 Å². The van der Waals surface area contributed by atoms with Gasteiger partial charge in [-0.3, -0.25) is 4.90 Å². The summed E-state index contributed by atoms with van der Waals surface area (Å²) < 4.78 is 0. The van der Waals surface area contributed by atoms with Crippen molar-refractivity contribution in [3.63, 3.8) is 0 Å². The van der Waals surface area contributed by atoms with Crippen LogP contribution in [0.2, 0.25) is 0 Å². The lowest BCUT2D eigenvalue weighted by Gasteiger charge is -2.38. The van der Waals surface area contributed by atoms with E-state index in [0.29, 0.717) is 5.92 Å². The highest BCUT2D eigenvalue weighted by Gasteiger charge is 2.42. The van der Waals surface area contributed by atoms with E-state index in [9.17, 15) is 0 Å². The second-order valence-electron chi connectivity index (χ2n) is 6.71. The van der Waals surface area contributed by atoms with Crippen LogP contribution < -0.4 is 0 Å². The third-order valence-corrected chi connectivity index (χ3v) is 4.98. The van der Waals surface area contributed by atoms with E-state index in [-0.39, 0.29) is 0 Å². The molecule has 2 aliphatic rings. The molecule has 0 amide bonds. The molecule has 1 aromatic rings. The van der Waals surface area contributed by atoms with Crippen LogP contribution in [0.4, 0.5) is 0 Å². The van der Waals surface area contributed by atoms with Crippen LogP contribution in [0.3, 0.4) is 0 Å². The summed E-state index contributed by atoms with van der Waals surface area (Å²) in [5, 5.41) is 0. The predicted molar refractivity (Wildman–Crippen MR) is 76.7 cm³/mol. The zero-order chi connectivity index (χ0) is 12.6. The first-order chi connectivity index (χ1) is 8.67. The highest BCUT2D eigenvalue weighted by molar-refractivity contribution is 5.24. The normalized spacial score (nSPS) is 22.6. The van der Waals surface area contributed by atoms with Crippen LogP contribution in [-0.4, -0.2) is 18.0 Å². The zero-order valence-corrected chi connectivity index (χ0v) is 11.8. The van der Waals surface area contributed by atoms with E-state index in [1.165, 1.54) is 49.9 Å². The van der Waals surface area contributed by atoms with Crippen molar-refractivity contribution < 1.29 is 0 Å². The van der Waals surface area contributed by atoms with Crippen molar-refractivity contribution in [2.24, 2.45) is 5.41 Å². The fourth-order valence-corrected chi connectivity index (χ4v) is 3.51. The van der Waals surface area contributed by atoms with Crippen LogP contribution in [0.25, 0.3) is 0 Å². The Bertz CT molecular complexity index is 400. The van der Waals surface area contributed by atoms with Gasteiger partial charge in [0.25, 0.3) is 0 Å². The molecule has 1 aliphatic heterocycles. The van der Waals surface area contributed by atoms with Crippen molar-refractivity contribution in [1.29, 1.82) is 0 Å². The molecule has 0 unspecified atom stereocenters. The first-order valence-electron chi connectivity index (χ1n) is 7.48. The van der Waals surface area contributed by atoms with Crippen molar-refractivity contribution in [3.8, 4) is 0 Å². The van der Waals surface area contributed by atoms with Crippen LogP contribution >= 0.6 is 0 Å². The van der Waals surface area contributed by atoms with Gasteiger partial charge in [0.05, 0.1) is 0 Å². The van der Waals surface area contributed by atoms with Crippen LogP contribution in [0, 0.1) is 5.41 Å². The molecule has 1 saturated heterocycles. The van der Waals surface area contributed by atoms with Gasteiger partial charge in [-0.05, 0) is 48.3 Å². The molecule has 3 rings (SSSR count). The van der Waals surface area contributed by atoms with Crippen LogP contribution in [0.1, 0.15) is 56.6 Å². The maximum atomic E-state index is 2.66. The second-order valence-corrected chi connectivity index (χ2v) is 6.71. The molecule has 98 valence electrons. The smallest absolute Gasteiger partial charge is 0.0233 e. The largest absolute Gasteiger partial charge is 0.299 e. The molecule has 1 aromatic carbocycles. The molecule has 1 aliphatic carbocycles. The zero-order valence-electron chi connectivity index (χ0n) is 11.8. The monoisotopic (exact) mass is 243 g/mol. The Hall–Kier alpha value is -0.820. The van der Waals surface area contributed by atoms with Crippen molar-refractivity contribution in [2.75, 3.05) is 13.1 Å². The first-order valence-corrected chi connectivity index (χ1v) is 7.48. The number of hydrogen-bond acceptors (Lipinski definition) is 1. The Kier molecular flexibility index (Phi) is 3.19. The second kappa shape index (κ2) is 4.70. The van der Waals surface area contributed by atoms with Crippen LogP contribution in [-0.2, 0) is 6.54 Å². The van der Waals surface area contributed by atoms with Gasteiger partial charge in [0.15, 0.2) is 0 Å². The molecule has 0 bridgehead atoms. The minimum absolute atomic E-state index is 0.643. The van der Waals surface area contributed by atoms with Gasteiger partial charge in [0.1, 0.15) is 0 Å². The SMILES string of the molecule is CC(C)c1ccc(CN2CCC3(CCC3)C2)cc1. The van der Waals surface area contributed by atoms with Gasteiger partial charge < -0.3 is 0 Å². The van der Waals surface area contributed by atoms with Gasteiger partial charge in [-0.25, -0.2) is 0 Å². The lowest BCUT2D eigenvalue weighted by molar-refractivity contribution is 0.137.